The molecule has 1 nitrogen and oxygen atoms in total. The molecule has 0 aromatic heterocycles. The molecule has 0 amide bonds. The van der Waals surface area contributed by atoms with Crippen LogP contribution in [0.15, 0.2) is 0 Å². The molecule has 4 fully saturated rings. The van der Waals surface area contributed by atoms with Gasteiger partial charge in [-0.15, -0.1) is 0 Å². The molecule has 86 valence electrons. The molecule has 2 aliphatic heterocycles. The van der Waals surface area contributed by atoms with E-state index in [1.54, 1.807) is 0 Å². The van der Waals surface area contributed by atoms with Crippen LogP contribution in [0.1, 0.15) is 59.3 Å². The second-order valence-electron chi connectivity index (χ2n) is 7.11. The van der Waals surface area contributed by atoms with Crippen LogP contribution in [-0.2, 0) is 0 Å². The largest absolute Gasteiger partial charge is 0.294 e. The zero-order valence-electron chi connectivity index (χ0n) is 10.6. The molecule has 2 saturated heterocycles. The van der Waals surface area contributed by atoms with E-state index in [0.29, 0.717) is 11.0 Å². The number of hydrogen-bond donors (Lipinski definition) is 0. The molecule has 0 radical (unpaired) electrons. The molecule has 0 N–H and O–H groups in total. The van der Waals surface area contributed by atoms with Gasteiger partial charge in [0.25, 0.3) is 0 Å². The van der Waals surface area contributed by atoms with E-state index in [0.717, 1.165) is 12.0 Å². The summed E-state index contributed by atoms with van der Waals surface area (Å²) in [4.78, 5) is 2.92. The minimum absolute atomic E-state index is 0.473. The van der Waals surface area contributed by atoms with Crippen molar-refractivity contribution in [2.24, 2.45) is 11.3 Å². The van der Waals surface area contributed by atoms with E-state index >= 15 is 0 Å². The maximum Gasteiger partial charge on any atom is 0.0261 e. The molecule has 0 unspecified atom stereocenters. The van der Waals surface area contributed by atoms with Gasteiger partial charge in [0.1, 0.15) is 0 Å². The predicted octanol–water partition coefficient (Wildman–Crippen LogP) is 3.44. The summed E-state index contributed by atoms with van der Waals surface area (Å²) in [6.07, 6.45) is 8.89. The molecular weight excluding hydrogens is 182 g/mol. The summed E-state index contributed by atoms with van der Waals surface area (Å²) >= 11 is 0. The van der Waals surface area contributed by atoms with Crippen LogP contribution >= 0.6 is 0 Å². The highest BCUT2D eigenvalue weighted by molar-refractivity contribution is 5.10. The van der Waals surface area contributed by atoms with Gasteiger partial charge in [0, 0.05) is 18.1 Å². The van der Waals surface area contributed by atoms with E-state index in [2.05, 4.69) is 25.7 Å². The highest BCUT2D eigenvalue weighted by Crippen LogP contribution is 2.55. The molecule has 0 aromatic rings. The summed E-state index contributed by atoms with van der Waals surface area (Å²) in [5, 5.41) is 0. The lowest BCUT2D eigenvalue weighted by Crippen LogP contribution is -2.65. The van der Waals surface area contributed by atoms with Gasteiger partial charge in [0.05, 0.1) is 0 Å². The average molecular weight is 207 g/mol. The van der Waals surface area contributed by atoms with E-state index in [-0.39, 0.29) is 0 Å². The fourth-order valence-electron chi connectivity index (χ4n) is 4.14. The van der Waals surface area contributed by atoms with Crippen molar-refractivity contribution in [2.75, 3.05) is 6.54 Å². The summed E-state index contributed by atoms with van der Waals surface area (Å²) in [6.45, 7) is 8.82. The summed E-state index contributed by atoms with van der Waals surface area (Å²) in [5.41, 5.74) is 1.03. The number of hydrogen-bond acceptors (Lipinski definition) is 1. The Balaban J connectivity index is 1.93. The van der Waals surface area contributed by atoms with Crippen molar-refractivity contribution in [3.05, 3.63) is 0 Å². The van der Waals surface area contributed by atoms with Gasteiger partial charge in [-0.2, -0.15) is 0 Å². The third kappa shape index (κ3) is 1.39. The molecule has 0 aromatic carbocycles. The van der Waals surface area contributed by atoms with Crippen LogP contribution in [0.3, 0.4) is 0 Å². The predicted molar refractivity (Wildman–Crippen MR) is 63.9 cm³/mol. The fourth-order valence-corrected chi connectivity index (χ4v) is 4.14. The van der Waals surface area contributed by atoms with E-state index in [1.165, 1.54) is 45.1 Å². The zero-order valence-corrected chi connectivity index (χ0v) is 10.6. The standard InChI is InChI=1S/C14H25N/c1-13(2,3)14-8-6-11(7-9-14)10-15(14)12-4-5-12/h11-12H,4-10H2,1-3H3. The van der Waals surface area contributed by atoms with E-state index in [9.17, 15) is 0 Å². The Morgan fingerprint density at radius 2 is 1.60 bits per heavy atom. The Labute approximate surface area is 94.2 Å². The maximum absolute atomic E-state index is 2.92. The second-order valence-corrected chi connectivity index (χ2v) is 7.11. The lowest BCUT2D eigenvalue weighted by Gasteiger charge is -2.61. The first-order valence-corrected chi connectivity index (χ1v) is 6.80. The van der Waals surface area contributed by atoms with Crippen LogP contribution in [0.2, 0.25) is 0 Å². The van der Waals surface area contributed by atoms with Crippen LogP contribution in [0.4, 0.5) is 0 Å². The quantitative estimate of drug-likeness (QED) is 0.636. The van der Waals surface area contributed by atoms with Crippen LogP contribution in [-0.4, -0.2) is 23.0 Å². The molecule has 2 aliphatic carbocycles. The number of fused-ring (bicyclic) bond motifs is 3. The minimum atomic E-state index is 0.473. The Kier molecular flexibility index (Phi) is 2.03. The first-order chi connectivity index (χ1) is 7.03. The van der Waals surface area contributed by atoms with E-state index < -0.39 is 0 Å². The van der Waals surface area contributed by atoms with Crippen molar-refractivity contribution < 1.29 is 0 Å². The molecule has 2 saturated carbocycles. The van der Waals surface area contributed by atoms with Crippen molar-refractivity contribution in [1.82, 2.24) is 4.90 Å². The molecule has 4 aliphatic rings. The van der Waals surface area contributed by atoms with Crippen LogP contribution < -0.4 is 0 Å². The minimum Gasteiger partial charge on any atom is -0.294 e. The molecule has 0 spiro atoms. The third-order valence-electron chi connectivity index (χ3n) is 5.32. The van der Waals surface area contributed by atoms with Crippen LogP contribution in [0, 0.1) is 11.3 Å². The number of rotatable bonds is 1. The van der Waals surface area contributed by atoms with Gasteiger partial charge in [-0.25, -0.2) is 0 Å². The van der Waals surface area contributed by atoms with Gasteiger partial charge in [-0.05, 0) is 49.9 Å². The summed E-state index contributed by atoms with van der Waals surface area (Å²) in [5.74, 6) is 1.04. The SMILES string of the molecule is CC(C)(C)C12CCC(CC1)CN2C1CC1. The lowest BCUT2D eigenvalue weighted by atomic mass is 9.59. The maximum atomic E-state index is 2.92. The summed E-state index contributed by atoms with van der Waals surface area (Å²) < 4.78 is 0. The first-order valence-electron chi connectivity index (χ1n) is 6.80. The van der Waals surface area contributed by atoms with Crippen LogP contribution in [0.25, 0.3) is 0 Å². The van der Waals surface area contributed by atoms with Crippen molar-refractivity contribution in [2.45, 2.75) is 70.9 Å². The van der Waals surface area contributed by atoms with Gasteiger partial charge in [-0.1, -0.05) is 20.8 Å². The second kappa shape index (κ2) is 3.00. The monoisotopic (exact) mass is 207 g/mol. The van der Waals surface area contributed by atoms with Crippen molar-refractivity contribution in [1.29, 1.82) is 0 Å². The van der Waals surface area contributed by atoms with E-state index in [1.807, 2.05) is 0 Å². The summed E-state index contributed by atoms with van der Waals surface area (Å²) in [6, 6.07) is 0.965. The number of piperidine rings is 2. The smallest absolute Gasteiger partial charge is 0.0261 e. The van der Waals surface area contributed by atoms with Gasteiger partial charge in [0.2, 0.25) is 0 Å². The molecule has 1 heteroatoms. The Bertz CT molecular complexity index is 251. The molecular formula is C14H25N. The van der Waals surface area contributed by atoms with Crippen molar-refractivity contribution in [3.63, 3.8) is 0 Å². The number of nitrogens with zero attached hydrogens (tertiary/aromatic N) is 1. The van der Waals surface area contributed by atoms with E-state index in [4.69, 9.17) is 0 Å². The Hall–Kier alpha value is -0.0400. The Morgan fingerprint density at radius 1 is 1.00 bits per heavy atom. The normalized spacial score (nSPS) is 42.2. The molecule has 2 heterocycles. The first kappa shape index (κ1) is 10.1. The third-order valence-corrected chi connectivity index (χ3v) is 5.32. The van der Waals surface area contributed by atoms with Crippen molar-refractivity contribution in [3.8, 4) is 0 Å². The molecule has 15 heavy (non-hydrogen) atoms. The lowest BCUT2D eigenvalue weighted by molar-refractivity contribution is -0.104. The van der Waals surface area contributed by atoms with Gasteiger partial charge < -0.3 is 0 Å². The molecule has 4 rings (SSSR count). The topological polar surface area (TPSA) is 3.24 Å². The van der Waals surface area contributed by atoms with Crippen LogP contribution in [0.5, 0.6) is 0 Å². The Morgan fingerprint density at radius 3 is 2.07 bits per heavy atom. The average Bonchev–Trinajstić information content (AvgIpc) is 3.00. The summed E-state index contributed by atoms with van der Waals surface area (Å²) in [7, 11) is 0. The zero-order chi connectivity index (χ0) is 10.7. The highest BCUT2D eigenvalue weighted by Gasteiger charge is 2.55. The van der Waals surface area contributed by atoms with Gasteiger partial charge >= 0.3 is 0 Å². The fraction of sp³-hybridized carbons (Fsp3) is 1.00. The molecule has 0 atom stereocenters. The molecule has 2 bridgehead atoms. The van der Waals surface area contributed by atoms with Gasteiger partial charge in [0.15, 0.2) is 0 Å². The van der Waals surface area contributed by atoms with Crippen molar-refractivity contribution >= 4 is 0 Å². The van der Waals surface area contributed by atoms with Gasteiger partial charge in [-0.3, -0.25) is 4.90 Å². The highest BCUT2D eigenvalue weighted by atomic mass is 15.3.